The van der Waals surface area contributed by atoms with E-state index in [2.05, 4.69) is 27.7 Å². The molecular formula is C30H61N. The molecule has 3 atom stereocenters. The minimum absolute atomic E-state index is 0.460. The average molecular weight is 436 g/mol. The van der Waals surface area contributed by atoms with Gasteiger partial charge in [-0.25, -0.2) is 0 Å². The molecule has 1 nitrogen and oxygen atoms in total. The van der Waals surface area contributed by atoms with Crippen LogP contribution in [0.3, 0.4) is 0 Å². The van der Waals surface area contributed by atoms with E-state index in [0.717, 1.165) is 11.8 Å². The monoisotopic (exact) mass is 435 g/mol. The van der Waals surface area contributed by atoms with E-state index in [1.54, 1.807) is 0 Å². The summed E-state index contributed by atoms with van der Waals surface area (Å²) in [5.41, 5.74) is 6.94. The van der Waals surface area contributed by atoms with Crippen molar-refractivity contribution in [3.05, 3.63) is 0 Å². The molecule has 1 saturated carbocycles. The van der Waals surface area contributed by atoms with Gasteiger partial charge in [-0.15, -0.1) is 0 Å². The predicted octanol–water partition coefficient (Wildman–Crippen LogP) is 10.2. The van der Waals surface area contributed by atoms with E-state index in [1.807, 2.05) is 0 Å². The third-order valence-corrected chi connectivity index (χ3v) is 8.18. The standard InChI is InChI=1S/C30H61N/c1-5-7-9-11-13-15-19-23-28(31)24-20-16-17-21-25-30(3,4)29-26-27(29)22-18-14-12-10-8-6-2/h27-29H,5-26,31H2,1-4H3/t27-,28?,29+/m1/s1. The summed E-state index contributed by atoms with van der Waals surface area (Å²) < 4.78 is 0. The third kappa shape index (κ3) is 15.4. The summed E-state index contributed by atoms with van der Waals surface area (Å²) in [6.07, 6.45) is 31.1. The minimum Gasteiger partial charge on any atom is -0.328 e. The van der Waals surface area contributed by atoms with Gasteiger partial charge in [0.05, 0.1) is 0 Å². The lowest BCUT2D eigenvalue weighted by molar-refractivity contribution is 0.253. The zero-order chi connectivity index (χ0) is 22.8. The fraction of sp³-hybridized carbons (Fsp3) is 1.00. The van der Waals surface area contributed by atoms with Crippen LogP contribution in [0.1, 0.15) is 169 Å². The summed E-state index contributed by atoms with van der Waals surface area (Å²) in [7, 11) is 0. The van der Waals surface area contributed by atoms with Gasteiger partial charge in [0.2, 0.25) is 0 Å². The average Bonchev–Trinajstić information content (AvgIpc) is 3.53. The molecule has 0 aromatic rings. The molecule has 0 amide bonds. The van der Waals surface area contributed by atoms with E-state index in [9.17, 15) is 0 Å². The SMILES string of the molecule is CCCCCCCCCC(N)CCCCCCC(C)(C)[C@H]1C[C@H]1CCCCCCCC. The molecule has 1 unspecified atom stereocenters. The zero-order valence-corrected chi connectivity index (χ0v) is 22.4. The molecule has 186 valence electrons. The molecule has 0 bridgehead atoms. The minimum atomic E-state index is 0.460. The first kappa shape index (κ1) is 29.0. The maximum Gasteiger partial charge on any atom is 0.00388 e. The van der Waals surface area contributed by atoms with E-state index in [4.69, 9.17) is 5.73 Å². The highest BCUT2D eigenvalue weighted by atomic mass is 14.6. The quantitative estimate of drug-likeness (QED) is 0.159. The first-order chi connectivity index (χ1) is 15.0. The number of hydrogen-bond acceptors (Lipinski definition) is 1. The van der Waals surface area contributed by atoms with Gasteiger partial charge in [0.25, 0.3) is 0 Å². The fourth-order valence-corrected chi connectivity index (χ4v) is 5.74. The van der Waals surface area contributed by atoms with Gasteiger partial charge < -0.3 is 5.73 Å². The summed E-state index contributed by atoms with van der Waals surface area (Å²) in [5, 5.41) is 0. The smallest absolute Gasteiger partial charge is 0.00388 e. The molecule has 0 aromatic carbocycles. The van der Waals surface area contributed by atoms with Crippen LogP contribution in [0.2, 0.25) is 0 Å². The van der Waals surface area contributed by atoms with Gasteiger partial charge in [0, 0.05) is 6.04 Å². The zero-order valence-electron chi connectivity index (χ0n) is 22.4. The summed E-state index contributed by atoms with van der Waals surface area (Å²) in [4.78, 5) is 0. The second-order valence-electron chi connectivity index (χ2n) is 11.8. The van der Waals surface area contributed by atoms with Crippen molar-refractivity contribution in [2.45, 2.75) is 175 Å². The molecule has 1 fully saturated rings. The maximum atomic E-state index is 6.36. The lowest BCUT2D eigenvalue weighted by Gasteiger charge is -2.25. The molecule has 1 aliphatic rings. The van der Waals surface area contributed by atoms with Crippen molar-refractivity contribution in [1.29, 1.82) is 0 Å². The highest BCUT2D eigenvalue weighted by Gasteiger charge is 2.46. The van der Waals surface area contributed by atoms with Crippen LogP contribution in [0, 0.1) is 17.3 Å². The Morgan fingerprint density at radius 1 is 0.645 bits per heavy atom. The maximum absolute atomic E-state index is 6.36. The molecule has 0 aromatic heterocycles. The van der Waals surface area contributed by atoms with Crippen LogP contribution in [0.25, 0.3) is 0 Å². The van der Waals surface area contributed by atoms with Gasteiger partial charge in [-0.05, 0) is 42.9 Å². The van der Waals surface area contributed by atoms with Crippen molar-refractivity contribution in [1.82, 2.24) is 0 Å². The second-order valence-corrected chi connectivity index (χ2v) is 11.8. The molecule has 31 heavy (non-hydrogen) atoms. The van der Waals surface area contributed by atoms with Gasteiger partial charge in [0.1, 0.15) is 0 Å². The summed E-state index contributed by atoms with van der Waals surface area (Å²) in [6, 6.07) is 0.460. The Kier molecular flexibility index (Phi) is 17.2. The van der Waals surface area contributed by atoms with Crippen molar-refractivity contribution in [2.75, 3.05) is 0 Å². The lowest BCUT2D eigenvalue weighted by atomic mass is 9.80. The highest BCUT2D eigenvalue weighted by Crippen LogP contribution is 2.55. The Morgan fingerprint density at radius 2 is 1.10 bits per heavy atom. The molecule has 1 aliphatic carbocycles. The van der Waals surface area contributed by atoms with Crippen LogP contribution in [0.4, 0.5) is 0 Å². The molecule has 0 radical (unpaired) electrons. The van der Waals surface area contributed by atoms with Crippen LogP contribution in [-0.4, -0.2) is 6.04 Å². The first-order valence-corrected chi connectivity index (χ1v) is 14.8. The van der Waals surface area contributed by atoms with Crippen molar-refractivity contribution in [3.8, 4) is 0 Å². The van der Waals surface area contributed by atoms with Crippen LogP contribution in [0.15, 0.2) is 0 Å². The van der Waals surface area contributed by atoms with E-state index < -0.39 is 0 Å². The van der Waals surface area contributed by atoms with Gasteiger partial charge in [-0.1, -0.05) is 143 Å². The molecule has 0 heterocycles. The largest absolute Gasteiger partial charge is 0.328 e. The normalized spacial score (nSPS) is 19.6. The molecule has 0 aliphatic heterocycles. The Labute approximate surface area is 198 Å². The van der Waals surface area contributed by atoms with Gasteiger partial charge in [-0.2, -0.15) is 0 Å². The van der Waals surface area contributed by atoms with E-state index in [-0.39, 0.29) is 0 Å². The van der Waals surface area contributed by atoms with Crippen molar-refractivity contribution in [3.63, 3.8) is 0 Å². The number of nitrogens with two attached hydrogens (primary N) is 1. The Balaban J connectivity index is 1.92. The highest BCUT2D eigenvalue weighted by molar-refractivity contribution is 4.95. The number of hydrogen-bond donors (Lipinski definition) is 1. The Hall–Kier alpha value is -0.0400. The molecule has 0 spiro atoms. The number of rotatable bonds is 23. The fourth-order valence-electron chi connectivity index (χ4n) is 5.74. The van der Waals surface area contributed by atoms with Gasteiger partial charge >= 0.3 is 0 Å². The summed E-state index contributed by atoms with van der Waals surface area (Å²) in [5.74, 6) is 2.09. The van der Waals surface area contributed by atoms with E-state index in [1.165, 1.54) is 141 Å². The van der Waals surface area contributed by atoms with Crippen molar-refractivity contribution < 1.29 is 0 Å². The molecule has 0 saturated heterocycles. The Morgan fingerprint density at radius 3 is 1.65 bits per heavy atom. The van der Waals surface area contributed by atoms with Gasteiger partial charge in [-0.3, -0.25) is 0 Å². The van der Waals surface area contributed by atoms with Crippen molar-refractivity contribution >= 4 is 0 Å². The van der Waals surface area contributed by atoms with Gasteiger partial charge in [0.15, 0.2) is 0 Å². The first-order valence-electron chi connectivity index (χ1n) is 14.8. The van der Waals surface area contributed by atoms with E-state index >= 15 is 0 Å². The molecule has 1 heteroatoms. The topological polar surface area (TPSA) is 26.0 Å². The lowest BCUT2D eigenvalue weighted by Crippen LogP contribution is -2.19. The van der Waals surface area contributed by atoms with Crippen LogP contribution >= 0.6 is 0 Å². The van der Waals surface area contributed by atoms with Crippen LogP contribution in [-0.2, 0) is 0 Å². The van der Waals surface area contributed by atoms with E-state index in [0.29, 0.717) is 11.5 Å². The number of unbranched alkanes of at least 4 members (excludes halogenated alkanes) is 14. The summed E-state index contributed by atoms with van der Waals surface area (Å²) in [6.45, 7) is 9.71. The van der Waals surface area contributed by atoms with Crippen LogP contribution in [0.5, 0.6) is 0 Å². The second kappa shape index (κ2) is 18.4. The summed E-state index contributed by atoms with van der Waals surface area (Å²) >= 11 is 0. The molecular weight excluding hydrogens is 374 g/mol. The van der Waals surface area contributed by atoms with Crippen LogP contribution < -0.4 is 5.73 Å². The predicted molar refractivity (Wildman–Crippen MR) is 142 cm³/mol. The Bertz CT molecular complexity index is 388. The molecule has 2 N–H and O–H groups in total. The van der Waals surface area contributed by atoms with Crippen molar-refractivity contribution in [2.24, 2.45) is 23.0 Å². The third-order valence-electron chi connectivity index (χ3n) is 8.18. The molecule has 1 rings (SSSR count).